The number of methoxy groups -OCH3 is 2. The summed E-state index contributed by atoms with van der Waals surface area (Å²) in [7, 11) is 3.46. The van der Waals surface area contributed by atoms with Gasteiger partial charge in [-0.25, -0.2) is 0 Å². The number of hydrogen-bond acceptors (Lipinski definition) is 2. The second-order valence-electron chi connectivity index (χ2n) is 4.99. The first-order valence-electron chi connectivity index (χ1n) is 6.74. The Labute approximate surface area is 118 Å². The van der Waals surface area contributed by atoms with Gasteiger partial charge in [-0.15, -0.1) is 0 Å². The van der Waals surface area contributed by atoms with Crippen LogP contribution in [0.2, 0.25) is 0 Å². The zero-order valence-electron chi connectivity index (χ0n) is 11.8. The van der Waals surface area contributed by atoms with Gasteiger partial charge in [0.15, 0.2) is 0 Å². The highest BCUT2D eigenvalue weighted by Gasteiger charge is 2.06. The normalized spacial score (nSPS) is 11.3. The molecule has 0 atom stereocenters. The molecule has 0 saturated heterocycles. The maximum atomic E-state index is 5.30. The summed E-state index contributed by atoms with van der Waals surface area (Å²) < 4.78 is 10.6. The number of ether oxygens (including phenoxy) is 2. The third-order valence-corrected chi connectivity index (χ3v) is 3.66. The minimum absolute atomic E-state index is 0.634. The Morgan fingerprint density at radius 1 is 0.700 bits per heavy atom. The molecule has 0 aliphatic heterocycles. The van der Waals surface area contributed by atoms with E-state index in [1.165, 1.54) is 32.7 Å². The van der Waals surface area contributed by atoms with Gasteiger partial charge in [0.25, 0.3) is 0 Å². The van der Waals surface area contributed by atoms with Crippen LogP contribution in [-0.2, 0) is 22.7 Å². The summed E-state index contributed by atoms with van der Waals surface area (Å²) in [5, 5.41) is 5.01. The summed E-state index contributed by atoms with van der Waals surface area (Å²) in [5.74, 6) is 0. The molecule has 3 aromatic rings. The Kier molecular flexibility index (Phi) is 3.68. The van der Waals surface area contributed by atoms with Crippen LogP contribution in [0.1, 0.15) is 11.1 Å². The fraction of sp³-hybridized carbons (Fsp3) is 0.222. The third-order valence-electron chi connectivity index (χ3n) is 3.66. The van der Waals surface area contributed by atoms with Gasteiger partial charge >= 0.3 is 0 Å². The number of benzene rings is 3. The third kappa shape index (κ3) is 2.28. The van der Waals surface area contributed by atoms with Crippen molar-refractivity contribution in [3.05, 3.63) is 59.7 Å². The molecule has 0 aromatic heterocycles. The van der Waals surface area contributed by atoms with E-state index in [1.807, 2.05) is 0 Å². The second kappa shape index (κ2) is 5.61. The van der Waals surface area contributed by atoms with Crippen LogP contribution < -0.4 is 0 Å². The Morgan fingerprint density at radius 3 is 1.65 bits per heavy atom. The molecule has 2 heteroatoms. The van der Waals surface area contributed by atoms with Crippen LogP contribution in [0.25, 0.3) is 21.5 Å². The molecule has 3 aromatic carbocycles. The summed E-state index contributed by atoms with van der Waals surface area (Å²) >= 11 is 0. The molecule has 0 fully saturated rings. The monoisotopic (exact) mass is 266 g/mol. The van der Waals surface area contributed by atoms with Crippen molar-refractivity contribution in [2.75, 3.05) is 14.2 Å². The van der Waals surface area contributed by atoms with Crippen molar-refractivity contribution in [3.8, 4) is 0 Å². The molecule has 0 unspecified atom stereocenters. The van der Waals surface area contributed by atoms with E-state index in [1.54, 1.807) is 14.2 Å². The van der Waals surface area contributed by atoms with Crippen molar-refractivity contribution in [3.63, 3.8) is 0 Å². The van der Waals surface area contributed by atoms with Crippen LogP contribution in [0.15, 0.2) is 48.5 Å². The lowest BCUT2D eigenvalue weighted by molar-refractivity contribution is 0.186. The van der Waals surface area contributed by atoms with Gasteiger partial charge in [-0.1, -0.05) is 36.4 Å². The average molecular weight is 266 g/mol. The van der Waals surface area contributed by atoms with Gasteiger partial charge in [0.2, 0.25) is 0 Å². The molecule has 0 heterocycles. The van der Waals surface area contributed by atoms with Crippen LogP contribution in [0.3, 0.4) is 0 Å². The van der Waals surface area contributed by atoms with E-state index in [-0.39, 0.29) is 0 Å². The SMILES string of the molecule is COCc1cccc2cc3cccc(COC)c3cc12. The van der Waals surface area contributed by atoms with Gasteiger partial charge in [0.05, 0.1) is 13.2 Å². The highest BCUT2D eigenvalue weighted by molar-refractivity contribution is 6.00. The number of rotatable bonds is 4. The van der Waals surface area contributed by atoms with E-state index in [9.17, 15) is 0 Å². The predicted molar refractivity (Wildman–Crippen MR) is 82.9 cm³/mol. The van der Waals surface area contributed by atoms with Crippen LogP contribution >= 0.6 is 0 Å². The minimum Gasteiger partial charge on any atom is -0.380 e. The van der Waals surface area contributed by atoms with Gasteiger partial charge in [-0.05, 0) is 44.8 Å². The molecule has 0 aliphatic rings. The zero-order chi connectivity index (χ0) is 13.9. The lowest BCUT2D eigenvalue weighted by Crippen LogP contribution is -1.92. The van der Waals surface area contributed by atoms with Gasteiger partial charge in [-0.2, -0.15) is 0 Å². The van der Waals surface area contributed by atoms with Gasteiger partial charge in [0, 0.05) is 14.2 Å². The average Bonchev–Trinajstić information content (AvgIpc) is 2.47. The largest absolute Gasteiger partial charge is 0.380 e. The van der Waals surface area contributed by atoms with E-state index in [4.69, 9.17) is 9.47 Å². The van der Waals surface area contributed by atoms with Crippen molar-refractivity contribution in [2.24, 2.45) is 0 Å². The van der Waals surface area contributed by atoms with Crippen LogP contribution in [0, 0.1) is 0 Å². The summed E-state index contributed by atoms with van der Waals surface area (Å²) in [5.41, 5.74) is 2.44. The molecular weight excluding hydrogens is 248 g/mol. The highest BCUT2D eigenvalue weighted by Crippen LogP contribution is 2.28. The van der Waals surface area contributed by atoms with Crippen LogP contribution in [-0.4, -0.2) is 14.2 Å². The molecule has 102 valence electrons. The summed E-state index contributed by atoms with van der Waals surface area (Å²) in [6.07, 6.45) is 0. The molecule has 0 bridgehead atoms. The number of hydrogen-bond donors (Lipinski definition) is 0. The van der Waals surface area contributed by atoms with Crippen molar-refractivity contribution in [1.82, 2.24) is 0 Å². The van der Waals surface area contributed by atoms with Crippen LogP contribution in [0.5, 0.6) is 0 Å². The topological polar surface area (TPSA) is 18.5 Å². The molecule has 20 heavy (non-hydrogen) atoms. The van der Waals surface area contributed by atoms with Crippen LogP contribution in [0.4, 0.5) is 0 Å². The molecular formula is C18H18O2. The smallest absolute Gasteiger partial charge is 0.0719 e. The first-order valence-corrected chi connectivity index (χ1v) is 6.74. The maximum Gasteiger partial charge on any atom is 0.0719 e. The number of fused-ring (bicyclic) bond motifs is 2. The fourth-order valence-electron chi connectivity index (χ4n) is 2.74. The Balaban J connectivity index is 2.30. The molecule has 2 nitrogen and oxygen atoms in total. The summed E-state index contributed by atoms with van der Waals surface area (Å²) in [6, 6.07) is 17.2. The first-order chi connectivity index (χ1) is 9.83. The Bertz CT molecular complexity index is 686. The van der Waals surface area contributed by atoms with Gasteiger partial charge in [-0.3, -0.25) is 0 Å². The van der Waals surface area contributed by atoms with E-state index < -0.39 is 0 Å². The maximum absolute atomic E-state index is 5.30. The minimum atomic E-state index is 0.634. The van der Waals surface area contributed by atoms with Crippen molar-refractivity contribution in [1.29, 1.82) is 0 Å². The highest BCUT2D eigenvalue weighted by atomic mass is 16.5. The molecule has 0 amide bonds. The van der Waals surface area contributed by atoms with Crippen molar-refractivity contribution in [2.45, 2.75) is 13.2 Å². The molecule has 3 rings (SSSR count). The molecule has 0 radical (unpaired) electrons. The second-order valence-corrected chi connectivity index (χ2v) is 4.99. The lowest BCUT2D eigenvalue weighted by Gasteiger charge is -2.10. The standard InChI is InChI=1S/C18H18O2/c1-19-11-15-7-3-5-13-9-14-6-4-8-16(12-20-2)18(14)10-17(13)15/h3-10H,11-12H2,1-2H3. The molecule has 0 aliphatic carbocycles. The van der Waals surface area contributed by atoms with E-state index >= 15 is 0 Å². The zero-order valence-corrected chi connectivity index (χ0v) is 11.8. The fourth-order valence-corrected chi connectivity index (χ4v) is 2.74. The molecule has 0 N–H and O–H groups in total. The summed E-state index contributed by atoms with van der Waals surface area (Å²) in [6.45, 7) is 1.27. The van der Waals surface area contributed by atoms with Gasteiger partial charge in [0.1, 0.15) is 0 Å². The lowest BCUT2D eigenvalue weighted by atomic mass is 9.97. The Hall–Kier alpha value is -1.90. The predicted octanol–water partition coefficient (Wildman–Crippen LogP) is 4.29. The van der Waals surface area contributed by atoms with E-state index in [0.29, 0.717) is 13.2 Å². The Morgan fingerprint density at radius 2 is 1.20 bits per heavy atom. The first kappa shape index (κ1) is 13.1. The quantitative estimate of drug-likeness (QED) is 0.656. The molecule has 0 spiro atoms. The van der Waals surface area contributed by atoms with Crippen molar-refractivity contribution < 1.29 is 9.47 Å². The van der Waals surface area contributed by atoms with E-state index in [0.717, 1.165) is 0 Å². The van der Waals surface area contributed by atoms with Crippen molar-refractivity contribution >= 4 is 21.5 Å². The van der Waals surface area contributed by atoms with Gasteiger partial charge < -0.3 is 9.47 Å². The molecule has 0 saturated carbocycles. The van der Waals surface area contributed by atoms with E-state index in [2.05, 4.69) is 48.5 Å². The summed E-state index contributed by atoms with van der Waals surface area (Å²) in [4.78, 5) is 0.